The van der Waals surface area contributed by atoms with Crippen molar-refractivity contribution >= 4 is 21.9 Å². The minimum Gasteiger partial charge on any atom is -0.497 e. The number of aromatic nitrogens is 3. The van der Waals surface area contributed by atoms with Gasteiger partial charge in [-0.2, -0.15) is 0 Å². The molecule has 0 fully saturated rings. The van der Waals surface area contributed by atoms with E-state index in [9.17, 15) is 5.11 Å². The van der Waals surface area contributed by atoms with E-state index in [2.05, 4.69) is 69.8 Å². The minimum atomic E-state index is -0.611. The average Bonchev–Trinajstić information content (AvgIpc) is 3.47. The first-order valence-corrected chi connectivity index (χ1v) is 12.6. The van der Waals surface area contributed by atoms with E-state index in [1.807, 2.05) is 48.5 Å². The maximum atomic E-state index is 11.5. The van der Waals surface area contributed by atoms with Gasteiger partial charge in [-0.3, -0.25) is 0 Å². The summed E-state index contributed by atoms with van der Waals surface area (Å²) in [4.78, 5) is 4.92. The predicted octanol–water partition coefficient (Wildman–Crippen LogP) is 6.32. The molecule has 2 heterocycles. The Morgan fingerprint density at radius 1 is 0.757 bits per heavy atom. The summed E-state index contributed by atoms with van der Waals surface area (Å²) in [6, 6.07) is 37.1. The Morgan fingerprint density at radius 3 is 2.22 bits per heavy atom. The van der Waals surface area contributed by atoms with Crippen LogP contribution >= 0.6 is 0 Å². The Kier molecular flexibility index (Phi) is 6.21. The summed E-state index contributed by atoms with van der Waals surface area (Å²) < 4.78 is 9.74. The maximum absolute atomic E-state index is 11.5. The number of methoxy groups -OCH3 is 1. The van der Waals surface area contributed by atoms with Crippen molar-refractivity contribution in [3.63, 3.8) is 0 Å². The molecule has 6 rings (SSSR count). The van der Waals surface area contributed by atoms with Crippen LogP contribution in [0, 0.1) is 0 Å². The van der Waals surface area contributed by atoms with Crippen molar-refractivity contribution in [2.24, 2.45) is 0 Å². The first-order chi connectivity index (χ1) is 18.2. The number of nitrogens with zero attached hydrogens (tertiary/aromatic N) is 3. The highest BCUT2D eigenvalue weighted by atomic mass is 16.5. The molecule has 5 heteroatoms. The topological polar surface area (TPSA) is 52.2 Å². The number of para-hydroxylation sites is 3. The quantitative estimate of drug-likeness (QED) is 0.273. The summed E-state index contributed by atoms with van der Waals surface area (Å²) in [5.74, 6) is 1.78. The van der Waals surface area contributed by atoms with E-state index >= 15 is 0 Å². The van der Waals surface area contributed by atoms with Gasteiger partial charge in [0, 0.05) is 23.0 Å². The van der Waals surface area contributed by atoms with Crippen molar-refractivity contribution in [2.75, 3.05) is 7.11 Å². The highest BCUT2D eigenvalue weighted by Crippen LogP contribution is 2.30. The largest absolute Gasteiger partial charge is 0.497 e. The fourth-order valence-electron chi connectivity index (χ4n) is 5.13. The Morgan fingerprint density at radius 2 is 1.43 bits per heavy atom. The van der Waals surface area contributed by atoms with Gasteiger partial charge in [0.1, 0.15) is 11.6 Å². The summed E-state index contributed by atoms with van der Waals surface area (Å²) in [5.41, 5.74) is 6.45. The summed E-state index contributed by atoms with van der Waals surface area (Å²) in [6.07, 6.45) is 0.103. The second-order valence-corrected chi connectivity index (χ2v) is 9.37. The lowest BCUT2D eigenvalue weighted by Gasteiger charge is -2.18. The van der Waals surface area contributed by atoms with Crippen molar-refractivity contribution < 1.29 is 9.84 Å². The first-order valence-electron chi connectivity index (χ1n) is 12.6. The van der Waals surface area contributed by atoms with Gasteiger partial charge in [0.15, 0.2) is 0 Å². The van der Waals surface area contributed by atoms with Gasteiger partial charge in [0.25, 0.3) is 0 Å². The number of rotatable bonds is 8. The Labute approximate surface area is 216 Å². The monoisotopic (exact) mass is 487 g/mol. The molecule has 37 heavy (non-hydrogen) atoms. The predicted molar refractivity (Wildman–Crippen MR) is 149 cm³/mol. The lowest BCUT2D eigenvalue weighted by atomic mass is 10.1. The molecule has 0 aliphatic rings. The maximum Gasteiger partial charge on any atom is 0.118 e. The van der Waals surface area contributed by atoms with E-state index in [1.165, 1.54) is 5.56 Å². The highest BCUT2D eigenvalue weighted by Gasteiger charge is 2.18. The second-order valence-electron chi connectivity index (χ2n) is 9.37. The molecule has 0 saturated carbocycles. The van der Waals surface area contributed by atoms with Crippen molar-refractivity contribution in [1.82, 2.24) is 14.1 Å². The van der Waals surface area contributed by atoms with Crippen molar-refractivity contribution in [3.05, 3.63) is 121 Å². The SMILES string of the molecule is COc1ccc(-c2cc3ccccc3n2CC(O)Cn2c(Cc3ccccc3)nc3ccccc32)cc1. The molecule has 1 N–H and O–H groups in total. The van der Waals surface area contributed by atoms with Crippen molar-refractivity contribution in [3.8, 4) is 17.0 Å². The summed E-state index contributed by atoms with van der Waals surface area (Å²) in [5, 5.41) is 12.6. The van der Waals surface area contributed by atoms with Crippen LogP contribution in [0.2, 0.25) is 0 Å². The zero-order valence-electron chi connectivity index (χ0n) is 20.8. The molecule has 1 atom stereocenters. The van der Waals surface area contributed by atoms with Gasteiger partial charge in [-0.05, 0) is 59.7 Å². The van der Waals surface area contributed by atoms with Gasteiger partial charge in [0.05, 0.1) is 37.3 Å². The number of benzene rings is 4. The average molecular weight is 488 g/mol. The lowest BCUT2D eigenvalue weighted by molar-refractivity contribution is 0.136. The zero-order chi connectivity index (χ0) is 25.2. The molecule has 6 aromatic rings. The number of aliphatic hydroxyl groups excluding tert-OH is 1. The van der Waals surface area contributed by atoms with E-state index in [4.69, 9.17) is 9.72 Å². The fraction of sp³-hybridized carbons (Fsp3) is 0.156. The van der Waals surface area contributed by atoms with E-state index in [0.29, 0.717) is 19.5 Å². The first kappa shape index (κ1) is 23.1. The second kappa shape index (κ2) is 9.96. The third-order valence-corrected chi connectivity index (χ3v) is 6.92. The number of ether oxygens (including phenoxy) is 1. The summed E-state index contributed by atoms with van der Waals surface area (Å²) in [7, 11) is 1.67. The normalized spacial score (nSPS) is 12.3. The van der Waals surface area contributed by atoms with E-state index in [-0.39, 0.29) is 0 Å². The van der Waals surface area contributed by atoms with Gasteiger partial charge in [-0.15, -0.1) is 0 Å². The van der Waals surface area contributed by atoms with Crippen LogP contribution in [-0.2, 0) is 19.5 Å². The molecule has 0 aliphatic carbocycles. The van der Waals surface area contributed by atoms with Gasteiger partial charge in [-0.1, -0.05) is 60.7 Å². The number of aliphatic hydroxyl groups is 1. The number of imidazole rings is 1. The Bertz CT molecular complexity index is 1650. The molecular weight excluding hydrogens is 458 g/mol. The smallest absolute Gasteiger partial charge is 0.118 e. The molecule has 0 saturated heterocycles. The zero-order valence-corrected chi connectivity index (χ0v) is 20.8. The van der Waals surface area contributed by atoms with Crippen LogP contribution in [0.3, 0.4) is 0 Å². The van der Waals surface area contributed by atoms with Gasteiger partial charge in [-0.25, -0.2) is 4.98 Å². The molecule has 2 aromatic heterocycles. The number of hydrogen-bond donors (Lipinski definition) is 1. The molecule has 0 bridgehead atoms. The summed E-state index contributed by atoms with van der Waals surface area (Å²) >= 11 is 0. The lowest BCUT2D eigenvalue weighted by Crippen LogP contribution is -2.23. The van der Waals surface area contributed by atoms with Crippen LogP contribution in [0.25, 0.3) is 33.2 Å². The molecule has 0 spiro atoms. The van der Waals surface area contributed by atoms with Gasteiger partial charge >= 0.3 is 0 Å². The van der Waals surface area contributed by atoms with Crippen LogP contribution in [0.1, 0.15) is 11.4 Å². The van der Waals surface area contributed by atoms with E-state index in [0.717, 1.165) is 44.8 Å². The molecule has 0 aliphatic heterocycles. The third-order valence-electron chi connectivity index (χ3n) is 6.92. The van der Waals surface area contributed by atoms with Crippen molar-refractivity contribution in [2.45, 2.75) is 25.6 Å². The van der Waals surface area contributed by atoms with E-state index < -0.39 is 6.10 Å². The molecule has 5 nitrogen and oxygen atoms in total. The fourth-order valence-corrected chi connectivity index (χ4v) is 5.13. The van der Waals surface area contributed by atoms with Crippen LogP contribution in [0.15, 0.2) is 109 Å². The molecule has 184 valence electrons. The van der Waals surface area contributed by atoms with E-state index in [1.54, 1.807) is 7.11 Å². The van der Waals surface area contributed by atoms with Gasteiger partial charge in [0.2, 0.25) is 0 Å². The molecule has 0 radical (unpaired) electrons. The van der Waals surface area contributed by atoms with Gasteiger partial charge < -0.3 is 19.0 Å². The standard InChI is InChI=1S/C32H29N3O2/c1-37-27-17-15-24(16-18-27)31-20-25-11-5-7-13-29(25)34(31)21-26(36)22-35-30-14-8-6-12-28(30)33-32(35)19-23-9-3-2-4-10-23/h2-18,20,26,36H,19,21-22H2,1H3. The molecule has 4 aromatic carbocycles. The number of hydrogen-bond acceptors (Lipinski definition) is 3. The third kappa shape index (κ3) is 4.61. The number of fused-ring (bicyclic) bond motifs is 2. The molecular formula is C32H29N3O2. The van der Waals surface area contributed by atoms with Crippen LogP contribution < -0.4 is 4.74 Å². The van der Waals surface area contributed by atoms with Crippen LogP contribution in [-0.4, -0.2) is 32.4 Å². The Balaban J connectivity index is 1.35. The summed E-state index contributed by atoms with van der Waals surface area (Å²) in [6.45, 7) is 0.920. The van der Waals surface area contributed by atoms with Crippen LogP contribution in [0.5, 0.6) is 5.75 Å². The van der Waals surface area contributed by atoms with Crippen LogP contribution in [0.4, 0.5) is 0 Å². The molecule has 0 amide bonds. The highest BCUT2D eigenvalue weighted by molar-refractivity contribution is 5.87. The van der Waals surface area contributed by atoms with Crippen molar-refractivity contribution in [1.29, 1.82) is 0 Å². The Hall–Kier alpha value is -4.35. The molecule has 1 unspecified atom stereocenters. The minimum absolute atomic E-state index is 0.456.